The van der Waals surface area contributed by atoms with Gasteiger partial charge in [0.25, 0.3) is 11.8 Å². The number of halogens is 1. The van der Waals surface area contributed by atoms with E-state index in [0.29, 0.717) is 28.1 Å². The molecule has 0 fully saturated rings. The Morgan fingerprint density at radius 2 is 1.88 bits per heavy atom. The van der Waals surface area contributed by atoms with E-state index >= 15 is 0 Å². The molecule has 0 atom stereocenters. The van der Waals surface area contributed by atoms with Crippen LogP contribution in [0.25, 0.3) is 0 Å². The molecule has 3 rings (SSSR count). The van der Waals surface area contributed by atoms with Gasteiger partial charge in [-0.25, -0.2) is 0 Å². The van der Waals surface area contributed by atoms with Crippen molar-refractivity contribution in [2.45, 2.75) is 13.2 Å². The molecule has 3 aromatic rings. The summed E-state index contributed by atoms with van der Waals surface area (Å²) in [5.74, 6) is 1.20. The molecular weight excluding hydrogens is 330 g/mol. The molecule has 2 aromatic carbocycles. The van der Waals surface area contributed by atoms with Crippen molar-refractivity contribution in [3.05, 3.63) is 76.9 Å². The predicted molar refractivity (Wildman–Crippen MR) is 87.7 cm³/mol. The predicted octanol–water partition coefficient (Wildman–Crippen LogP) is 3.23. The Morgan fingerprint density at radius 3 is 2.62 bits per heavy atom. The lowest BCUT2D eigenvalue weighted by Crippen LogP contribution is -2.23. The average Bonchev–Trinajstić information content (AvgIpc) is 3.07. The monoisotopic (exact) mass is 343 g/mol. The first-order valence-electron chi connectivity index (χ1n) is 7.24. The van der Waals surface area contributed by atoms with E-state index in [1.165, 1.54) is 0 Å². The van der Waals surface area contributed by atoms with Crippen molar-refractivity contribution in [2.75, 3.05) is 0 Å². The molecule has 7 heteroatoms. The standard InChI is InChI=1S/C17H14ClN3O3/c18-13-8-6-12(7-9-13)17(22)19-10-15-20-16(24-21-15)11-23-14-4-2-1-3-5-14/h1-9H,10-11H2,(H,19,22). The minimum atomic E-state index is -0.237. The second kappa shape index (κ2) is 7.61. The highest BCUT2D eigenvalue weighted by molar-refractivity contribution is 6.30. The first kappa shape index (κ1) is 16.0. The molecule has 122 valence electrons. The summed E-state index contributed by atoms with van der Waals surface area (Å²) in [6, 6.07) is 15.9. The van der Waals surface area contributed by atoms with Crippen LogP contribution in [-0.2, 0) is 13.2 Å². The molecule has 24 heavy (non-hydrogen) atoms. The number of hydrogen-bond acceptors (Lipinski definition) is 5. The van der Waals surface area contributed by atoms with Gasteiger partial charge in [0.2, 0.25) is 0 Å². The Morgan fingerprint density at radius 1 is 1.12 bits per heavy atom. The fourth-order valence-corrected chi connectivity index (χ4v) is 2.07. The van der Waals surface area contributed by atoms with Crippen LogP contribution in [-0.4, -0.2) is 16.0 Å². The molecule has 0 aliphatic carbocycles. The van der Waals surface area contributed by atoms with Crippen LogP contribution < -0.4 is 10.1 Å². The molecule has 0 saturated heterocycles. The number of hydrogen-bond donors (Lipinski definition) is 1. The molecule has 0 unspecified atom stereocenters. The fourth-order valence-electron chi connectivity index (χ4n) is 1.95. The summed E-state index contributed by atoms with van der Waals surface area (Å²) in [6.07, 6.45) is 0. The number of aromatic nitrogens is 2. The Hall–Kier alpha value is -2.86. The van der Waals surface area contributed by atoms with E-state index in [-0.39, 0.29) is 19.1 Å². The van der Waals surface area contributed by atoms with Crippen molar-refractivity contribution in [3.8, 4) is 5.75 Å². The van der Waals surface area contributed by atoms with Crippen molar-refractivity contribution in [2.24, 2.45) is 0 Å². The van der Waals surface area contributed by atoms with Crippen LogP contribution in [0.5, 0.6) is 5.75 Å². The Balaban J connectivity index is 1.50. The van der Waals surface area contributed by atoms with Crippen molar-refractivity contribution >= 4 is 17.5 Å². The number of nitrogens with zero attached hydrogens (tertiary/aromatic N) is 2. The molecule has 1 aromatic heterocycles. The second-order valence-corrected chi connectivity index (χ2v) is 5.33. The van der Waals surface area contributed by atoms with E-state index in [1.807, 2.05) is 30.3 Å². The lowest BCUT2D eigenvalue weighted by Gasteiger charge is -2.02. The third kappa shape index (κ3) is 4.33. The van der Waals surface area contributed by atoms with Gasteiger partial charge in [0.1, 0.15) is 5.75 Å². The Kier molecular flexibility index (Phi) is 5.08. The SMILES string of the molecule is O=C(NCc1noc(COc2ccccc2)n1)c1ccc(Cl)cc1. The minimum absolute atomic E-state index is 0.163. The molecule has 0 aliphatic heterocycles. The number of nitrogens with one attached hydrogen (secondary N) is 1. The van der Waals surface area contributed by atoms with Crippen molar-refractivity contribution < 1.29 is 14.1 Å². The van der Waals surface area contributed by atoms with Crippen LogP contribution in [0.4, 0.5) is 0 Å². The van der Waals surface area contributed by atoms with Gasteiger partial charge in [0, 0.05) is 10.6 Å². The third-order valence-electron chi connectivity index (χ3n) is 3.13. The molecule has 0 spiro atoms. The van der Waals surface area contributed by atoms with Gasteiger partial charge >= 0.3 is 0 Å². The maximum Gasteiger partial charge on any atom is 0.264 e. The lowest BCUT2D eigenvalue weighted by molar-refractivity contribution is 0.0949. The van der Waals surface area contributed by atoms with Crippen LogP contribution in [0.2, 0.25) is 5.02 Å². The van der Waals surface area contributed by atoms with Crippen LogP contribution in [0.15, 0.2) is 59.1 Å². The third-order valence-corrected chi connectivity index (χ3v) is 3.38. The van der Waals surface area contributed by atoms with Gasteiger partial charge in [0.05, 0.1) is 6.54 Å². The van der Waals surface area contributed by atoms with Gasteiger partial charge in [-0.2, -0.15) is 4.98 Å². The summed E-state index contributed by atoms with van der Waals surface area (Å²) in [5, 5.41) is 7.10. The molecule has 6 nitrogen and oxygen atoms in total. The highest BCUT2D eigenvalue weighted by Gasteiger charge is 2.10. The molecule has 1 heterocycles. The highest BCUT2D eigenvalue weighted by Crippen LogP contribution is 2.11. The van der Waals surface area contributed by atoms with E-state index < -0.39 is 0 Å². The summed E-state index contributed by atoms with van der Waals surface area (Å²) >= 11 is 5.79. The van der Waals surface area contributed by atoms with Crippen molar-refractivity contribution in [3.63, 3.8) is 0 Å². The topological polar surface area (TPSA) is 77.2 Å². The quantitative estimate of drug-likeness (QED) is 0.743. The summed E-state index contributed by atoms with van der Waals surface area (Å²) in [5.41, 5.74) is 0.510. The van der Waals surface area contributed by atoms with E-state index in [4.69, 9.17) is 20.9 Å². The number of ether oxygens (including phenoxy) is 1. The molecular formula is C17H14ClN3O3. The molecule has 1 amide bonds. The molecule has 0 aliphatic rings. The summed E-state index contributed by atoms with van der Waals surface area (Å²) in [6.45, 7) is 0.332. The summed E-state index contributed by atoms with van der Waals surface area (Å²) in [4.78, 5) is 16.1. The molecule has 1 N–H and O–H groups in total. The van der Waals surface area contributed by atoms with Gasteiger partial charge in [-0.05, 0) is 36.4 Å². The first-order valence-corrected chi connectivity index (χ1v) is 7.61. The first-order chi connectivity index (χ1) is 11.7. The lowest BCUT2D eigenvalue weighted by atomic mass is 10.2. The maximum atomic E-state index is 12.0. The van der Waals surface area contributed by atoms with Crippen molar-refractivity contribution in [1.82, 2.24) is 15.5 Å². The minimum Gasteiger partial charge on any atom is -0.484 e. The van der Waals surface area contributed by atoms with E-state index in [2.05, 4.69) is 15.5 Å². The number of rotatable bonds is 6. The second-order valence-electron chi connectivity index (χ2n) is 4.90. The number of amides is 1. The van der Waals surface area contributed by atoms with E-state index in [1.54, 1.807) is 24.3 Å². The molecule has 0 radical (unpaired) electrons. The number of carbonyl (C=O) groups excluding carboxylic acids is 1. The van der Waals surface area contributed by atoms with Gasteiger partial charge in [-0.3, -0.25) is 4.79 Å². The van der Waals surface area contributed by atoms with Gasteiger partial charge < -0.3 is 14.6 Å². The zero-order chi connectivity index (χ0) is 16.8. The number of carbonyl (C=O) groups is 1. The molecule has 0 bridgehead atoms. The summed E-state index contributed by atoms with van der Waals surface area (Å²) < 4.78 is 10.6. The van der Waals surface area contributed by atoms with Crippen LogP contribution in [0.3, 0.4) is 0 Å². The van der Waals surface area contributed by atoms with Crippen LogP contribution in [0.1, 0.15) is 22.1 Å². The smallest absolute Gasteiger partial charge is 0.264 e. The maximum absolute atomic E-state index is 12.0. The van der Waals surface area contributed by atoms with E-state index in [9.17, 15) is 4.79 Å². The number of benzene rings is 2. The normalized spacial score (nSPS) is 10.4. The largest absolute Gasteiger partial charge is 0.484 e. The zero-order valence-electron chi connectivity index (χ0n) is 12.6. The van der Waals surface area contributed by atoms with Crippen LogP contribution >= 0.6 is 11.6 Å². The van der Waals surface area contributed by atoms with Gasteiger partial charge in [-0.1, -0.05) is 35.0 Å². The Bertz CT molecular complexity index is 803. The number of para-hydroxylation sites is 1. The Labute approximate surface area is 143 Å². The zero-order valence-corrected chi connectivity index (χ0v) is 13.4. The molecule has 0 saturated carbocycles. The van der Waals surface area contributed by atoms with E-state index in [0.717, 1.165) is 0 Å². The average molecular weight is 344 g/mol. The highest BCUT2D eigenvalue weighted by atomic mass is 35.5. The fraction of sp³-hybridized carbons (Fsp3) is 0.118. The van der Waals surface area contributed by atoms with Crippen molar-refractivity contribution in [1.29, 1.82) is 0 Å². The van der Waals surface area contributed by atoms with Crippen LogP contribution in [0, 0.1) is 0 Å². The van der Waals surface area contributed by atoms with Gasteiger partial charge in [0.15, 0.2) is 12.4 Å². The summed E-state index contributed by atoms with van der Waals surface area (Å²) in [7, 11) is 0. The van der Waals surface area contributed by atoms with Gasteiger partial charge in [-0.15, -0.1) is 0 Å².